The number of nitrogens with zero attached hydrogens (tertiary/aromatic N) is 2. The van der Waals surface area contributed by atoms with Crippen LogP contribution < -0.4 is 19.8 Å². The number of imide groups is 1. The van der Waals surface area contributed by atoms with Crippen LogP contribution in [0.25, 0.3) is 0 Å². The van der Waals surface area contributed by atoms with Crippen molar-refractivity contribution >= 4 is 52.2 Å². The number of carbonyl (C=O) groups excluding carboxylic acids is 3. The molecule has 45 heavy (non-hydrogen) atoms. The summed E-state index contributed by atoms with van der Waals surface area (Å²) >= 11 is 2.82. The van der Waals surface area contributed by atoms with Gasteiger partial charge in [0, 0.05) is 21.7 Å². The third-order valence-electron chi connectivity index (χ3n) is 10.1. The van der Waals surface area contributed by atoms with Gasteiger partial charge in [0.05, 0.1) is 29.7 Å². The Kier molecular flexibility index (Phi) is 6.76. The molecule has 2 aliphatic heterocycles. The number of thioether (sulfide) groups is 1. The number of anilines is 2. The van der Waals surface area contributed by atoms with Crippen molar-refractivity contribution in [2.75, 3.05) is 17.3 Å². The number of amides is 3. The van der Waals surface area contributed by atoms with Crippen molar-refractivity contribution in [1.82, 2.24) is 4.57 Å². The number of ether oxygens (including phenoxy) is 1. The Morgan fingerprint density at radius 3 is 2.29 bits per heavy atom. The van der Waals surface area contributed by atoms with Gasteiger partial charge in [-0.25, -0.2) is 0 Å². The van der Waals surface area contributed by atoms with E-state index >= 15 is 0 Å². The lowest BCUT2D eigenvalue weighted by atomic mass is 9.68. The van der Waals surface area contributed by atoms with Crippen LogP contribution in [-0.4, -0.2) is 34.6 Å². The maximum absolute atomic E-state index is 14.0. The highest BCUT2D eigenvalue weighted by Gasteiger charge is 2.69. The molecule has 228 valence electrons. The molecule has 7 unspecified atom stereocenters. The van der Waals surface area contributed by atoms with E-state index in [-0.39, 0.29) is 69.9 Å². The number of fused-ring (bicyclic) bond motifs is 9. The molecule has 4 aliphatic rings. The van der Waals surface area contributed by atoms with Crippen molar-refractivity contribution < 1.29 is 19.1 Å². The summed E-state index contributed by atoms with van der Waals surface area (Å²) in [4.78, 5) is 56.8. The van der Waals surface area contributed by atoms with Gasteiger partial charge in [-0.1, -0.05) is 59.4 Å². The average molecular weight is 638 g/mol. The number of benzene rings is 3. The van der Waals surface area contributed by atoms with Gasteiger partial charge in [-0.2, -0.15) is 0 Å². The third-order valence-corrected chi connectivity index (χ3v) is 12.9. The van der Waals surface area contributed by atoms with Crippen molar-refractivity contribution in [3.8, 4) is 5.75 Å². The van der Waals surface area contributed by atoms with Gasteiger partial charge in [0.1, 0.15) is 12.3 Å². The molecule has 3 heterocycles. The van der Waals surface area contributed by atoms with Gasteiger partial charge in [0.2, 0.25) is 17.7 Å². The number of nitrogens with one attached hydrogen (secondary N) is 1. The van der Waals surface area contributed by atoms with Gasteiger partial charge in [0.25, 0.3) is 0 Å². The van der Waals surface area contributed by atoms with Gasteiger partial charge in [0.15, 0.2) is 0 Å². The molecule has 2 bridgehead atoms. The first-order chi connectivity index (χ1) is 21.8. The van der Waals surface area contributed by atoms with E-state index in [1.54, 1.807) is 23.4 Å². The molecule has 8 rings (SSSR count). The fourth-order valence-electron chi connectivity index (χ4n) is 8.25. The zero-order valence-electron chi connectivity index (χ0n) is 24.7. The number of aromatic nitrogens is 1. The zero-order valence-corrected chi connectivity index (χ0v) is 26.3. The lowest BCUT2D eigenvalue weighted by molar-refractivity contribution is -0.123. The summed E-state index contributed by atoms with van der Waals surface area (Å²) in [5.74, 6) is -0.555. The molecule has 3 aromatic carbocycles. The van der Waals surface area contributed by atoms with E-state index in [1.165, 1.54) is 16.2 Å². The monoisotopic (exact) mass is 637 g/mol. The first kappa shape index (κ1) is 28.3. The van der Waals surface area contributed by atoms with Crippen LogP contribution in [0.15, 0.2) is 88.7 Å². The van der Waals surface area contributed by atoms with Crippen LogP contribution in [0.3, 0.4) is 0 Å². The molecule has 2 saturated carbocycles. The molecular formula is C35H31N3O5S2. The van der Waals surface area contributed by atoms with Crippen molar-refractivity contribution in [2.24, 2.45) is 29.6 Å². The van der Waals surface area contributed by atoms with Crippen LogP contribution in [0.4, 0.5) is 11.4 Å². The van der Waals surface area contributed by atoms with Crippen LogP contribution in [0, 0.1) is 36.5 Å². The molecular weight excluding hydrogens is 607 g/mol. The van der Waals surface area contributed by atoms with Gasteiger partial charge in [-0.15, -0.1) is 11.8 Å². The molecule has 10 heteroatoms. The number of rotatable bonds is 6. The van der Waals surface area contributed by atoms with E-state index < -0.39 is 0 Å². The van der Waals surface area contributed by atoms with Crippen LogP contribution >= 0.6 is 23.1 Å². The molecule has 8 nitrogen and oxygen atoms in total. The molecule has 4 aromatic rings. The minimum absolute atomic E-state index is 0.00102. The highest BCUT2D eigenvalue weighted by atomic mass is 32.2. The number of methoxy groups -OCH3 is 1. The highest BCUT2D eigenvalue weighted by molar-refractivity contribution is 8.00. The van der Waals surface area contributed by atoms with Crippen LogP contribution in [0.1, 0.15) is 28.3 Å². The molecule has 1 saturated heterocycles. The Hall–Kier alpha value is -4.15. The fourth-order valence-corrected chi connectivity index (χ4v) is 11.4. The number of hydrogen-bond acceptors (Lipinski definition) is 7. The number of thiazole rings is 1. The van der Waals surface area contributed by atoms with Gasteiger partial charge < -0.3 is 10.1 Å². The number of para-hydroxylation sites is 1. The third kappa shape index (κ3) is 4.40. The SMILES string of the molecule is COc1ccc(C2c3sc(=O)n(CC(=O)Nc4ccc(C)cc4)c3SC3C4CC(C5C(=O)N(c6ccccc6)C(=O)C45)C23)cc1. The Morgan fingerprint density at radius 2 is 1.60 bits per heavy atom. The van der Waals surface area contributed by atoms with E-state index in [4.69, 9.17) is 4.74 Å². The Balaban J connectivity index is 1.18. The summed E-state index contributed by atoms with van der Waals surface area (Å²) in [6.45, 7) is 1.89. The summed E-state index contributed by atoms with van der Waals surface area (Å²) in [6, 6.07) is 24.7. The maximum Gasteiger partial charge on any atom is 0.308 e. The number of carbonyl (C=O) groups is 3. The highest BCUT2D eigenvalue weighted by Crippen LogP contribution is 2.69. The smallest absolute Gasteiger partial charge is 0.308 e. The first-order valence-electron chi connectivity index (χ1n) is 15.2. The van der Waals surface area contributed by atoms with Crippen molar-refractivity contribution in [2.45, 2.75) is 36.1 Å². The second kappa shape index (κ2) is 10.7. The first-order valence-corrected chi connectivity index (χ1v) is 16.9. The summed E-state index contributed by atoms with van der Waals surface area (Å²) in [5.41, 5.74) is 3.44. The average Bonchev–Trinajstić information content (AvgIpc) is 3.77. The second-order valence-electron chi connectivity index (χ2n) is 12.4. The van der Waals surface area contributed by atoms with E-state index in [0.29, 0.717) is 11.4 Å². The van der Waals surface area contributed by atoms with Crippen molar-refractivity contribution in [3.63, 3.8) is 0 Å². The Morgan fingerprint density at radius 1 is 0.911 bits per heavy atom. The predicted octanol–water partition coefficient (Wildman–Crippen LogP) is 5.54. The number of hydrogen-bond donors (Lipinski definition) is 1. The minimum atomic E-state index is -0.377. The topological polar surface area (TPSA) is 97.7 Å². The van der Waals surface area contributed by atoms with Crippen LogP contribution in [0.2, 0.25) is 0 Å². The number of aryl methyl sites for hydroxylation is 1. The second-order valence-corrected chi connectivity index (χ2v) is 14.6. The quantitative estimate of drug-likeness (QED) is 0.279. The summed E-state index contributed by atoms with van der Waals surface area (Å²) in [7, 11) is 1.63. The summed E-state index contributed by atoms with van der Waals surface area (Å²) < 4.78 is 7.03. The molecule has 1 N–H and O–H groups in total. The lowest BCUT2D eigenvalue weighted by Gasteiger charge is -2.43. The van der Waals surface area contributed by atoms with Crippen molar-refractivity contribution in [1.29, 1.82) is 0 Å². The standard InChI is InChI=1S/C35H31N3O5S2/c1-18-8-12-20(13-9-18)36-25(39)17-37-34-31(45-35(37)42)26(19-10-14-22(43-2)15-11-19)27-23-16-24(30(27)44-34)29-28(23)32(40)38(33(29)41)21-6-4-3-5-7-21/h3-15,23-24,26-30H,16-17H2,1-2H3,(H,36,39). The molecule has 3 fully saturated rings. The van der Waals surface area contributed by atoms with Gasteiger partial charge in [-0.05, 0) is 73.1 Å². The maximum atomic E-state index is 14.0. The zero-order chi connectivity index (χ0) is 31.0. The van der Waals surface area contributed by atoms with E-state index in [1.807, 2.05) is 85.8 Å². The van der Waals surface area contributed by atoms with E-state index in [9.17, 15) is 19.2 Å². The van der Waals surface area contributed by atoms with Crippen LogP contribution in [-0.2, 0) is 20.9 Å². The molecule has 3 amide bonds. The van der Waals surface area contributed by atoms with Crippen molar-refractivity contribution in [3.05, 3.63) is 105 Å². The van der Waals surface area contributed by atoms with Gasteiger partial charge in [-0.3, -0.25) is 28.6 Å². The fraction of sp³-hybridized carbons (Fsp3) is 0.314. The Bertz CT molecular complexity index is 1880. The molecule has 2 aliphatic carbocycles. The predicted molar refractivity (Wildman–Crippen MR) is 174 cm³/mol. The normalized spacial score (nSPS) is 27.7. The molecule has 7 atom stereocenters. The van der Waals surface area contributed by atoms with Gasteiger partial charge >= 0.3 is 4.87 Å². The minimum Gasteiger partial charge on any atom is -0.497 e. The van der Waals surface area contributed by atoms with Crippen LogP contribution in [0.5, 0.6) is 5.75 Å². The largest absolute Gasteiger partial charge is 0.497 e. The Labute approximate surface area is 268 Å². The molecule has 0 spiro atoms. The summed E-state index contributed by atoms with van der Waals surface area (Å²) in [6.07, 6.45) is 0.803. The molecule has 1 aromatic heterocycles. The van der Waals surface area contributed by atoms with E-state index in [2.05, 4.69) is 5.32 Å². The molecule has 0 radical (unpaired) electrons. The van der Waals surface area contributed by atoms with E-state index in [0.717, 1.165) is 33.2 Å². The summed E-state index contributed by atoms with van der Waals surface area (Å²) in [5, 5.41) is 3.76. The lowest BCUT2D eigenvalue weighted by Crippen LogP contribution is -2.43.